The van der Waals surface area contributed by atoms with Gasteiger partial charge < -0.3 is 6.42 Å². The third-order valence-electron chi connectivity index (χ3n) is 0. The molecule has 0 N–H and O–H groups in total. The third-order valence-corrected chi connectivity index (χ3v) is 0. The van der Waals surface area contributed by atoms with Crippen LogP contribution in [0, 0.1) is 6.42 Å². The molecular weight excluding hydrogens is 143 g/mol. The van der Waals surface area contributed by atoms with Crippen molar-refractivity contribution in [3.05, 3.63) is 6.42 Å². The van der Waals surface area contributed by atoms with Crippen LogP contribution in [-0.4, -0.2) is 0 Å². The van der Waals surface area contributed by atoms with Gasteiger partial charge in [-0.05, 0) is 0 Å². The van der Waals surface area contributed by atoms with Crippen LogP contribution in [0.15, 0.2) is 0 Å². The van der Waals surface area contributed by atoms with E-state index in [9.17, 15) is 0 Å². The van der Waals surface area contributed by atoms with Gasteiger partial charge in [-0.25, -0.2) is 0 Å². The first-order chi connectivity index (χ1) is 2.41. The predicted molar refractivity (Wildman–Crippen MR) is 16.3 cm³/mol. The summed E-state index contributed by atoms with van der Waals surface area (Å²) in [5, 5.41) is 0. The summed E-state index contributed by atoms with van der Waals surface area (Å²) in [6.45, 7) is 4.00. The molecule has 0 spiro atoms. The van der Waals surface area contributed by atoms with Gasteiger partial charge in [-0.1, -0.05) is 0 Å². The van der Waals surface area contributed by atoms with E-state index in [1.54, 1.807) is 0 Å². The summed E-state index contributed by atoms with van der Waals surface area (Å²) in [5.74, 6) is 0. The van der Waals surface area contributed by atoms with Gasteiger partial charge in [0.2, 0.25) is 0 Å². The fourth-order valence-electron chi connectivity index (χ4n) is 0. The van der Waals surface area contributed by atoms with Crippen LogP contribution >= 0.6 is 0 Å². The zero-order chi connectivity index (χ0) is 4.71. The number of hydrogen-bond acceptors (Lipinski definition) is 1. The van der Waals surface area contributed by atoms with Crippen LogP contribution < -0.4 is 0 Å². The molecule has 5 heavy (non-hydrogen) atoms. The van der Waals surface area contributed by atoms with Gasteiger partial charge in [0.15, 0.2) is 0 Å². The van der Waals surface area contributed by atoms with Gasteiger partial charge in [-0.3, -0.25) is 0 Å². The average Bonchev–Trinajstić information content (AvgIpc) is 1.46. The van der Waals surface area contributed by atoms with Gasteiger partial charge in [-0.2, -0.15) is 13.8 Å². The molecule has 2 heteroatoms. The number of rotatable bonds is 0. The van der Waals surface area contributed by atoms with E-state index in [1.165, 1.54) is 0 Å². The molecule has 0 atom stereocenters. The van der Waals surface area contributed by atoms with Crippen LogP contribution in [0.5, 0.6) is 0 Å². The quantitative estimate of drug-likeness (QED) is 0.473. The van der Waals surface area contributed by atoms with E-state index in [-0.39, 0.29) is 0 Å². The normalized spacial score (nSPS) is 4.20. The van der Waals surface area contributed by atoms with E-state index >= 15 is 0 Å². The van der Waals surface area contributed by atoms with Gasteiger partial charge in [-0.15, -0.1) is 0 Å². The van der Waals surface area contributed by atoms with Crippen molar-refractivity contribution in [2.45, 2.75) is 13.8 Å². The van der Waals surface area contributed by atoms with Gasteiger partial charge >= 0.3 is 27.5 Å². The summed E-state index contributed by atoms with van der Waals surface area (Å²) < 4.78 is 8.34. The summed E-state index contributed by atoms with van der Waals surface area (Å²) >= 11 is 0.300. The van der Waals surface area contributed by atoms with Crippen molar-refractivity contribution in [1.29, 1.82) is 0 Å². The fourth-order valence-corrected chi connectivity index (χ4v) is 0. The minimum atomic E-state index is 0.300. The van der Waals surface area contributed by atoms with Crippen molar-refractivity contribution in [3.63, 3.8) is 0 Å². The molecule has 0 aromatic carbocycles. The third kappa shape index (κ3) is 72.2. The van der Waals surface area contributed by atoms with Crippen LogP contribution in [0.25, 0.3) is 0 Å². The first-order valence-corrected chi connectivity index (χ1v) is 2.36. The average molecular weight is 150 g/mol. The Morgan fingerprint density at radius 2 is 1.40 bits per heavy atom. The molecule has 0 radical (unpaired) electrons. The molecule has 0 fully saturated rings. The molecule has 0 amide bonds. The van der Waals surface area contributed by atoms with E-state index in [0.717, 1.165) is 0 Å². The Morgan fingerprint density at radius 1 is 1.40 bits per heavy atom. The summed E-state index contributed by atoms with van der Waals surface area (Å²) in [6, 6.07) is 0. The molecule has 0 aliphatic heterocycles. The predicted octanol–water partition coefficient (Wildman–Crippen LogP) is 1.11. The second kappa shape index (κ2) is 22.4. The monoisotopic (exact) mass is 149 g/mol. The second-order valence-corrected chi connectivity index (χ2v) is 0.577. The van der Waals surface area contributed by atoms with Crippen molar-refractivity contribution >= 4 is 0 Å². The van der Waals surface area contributed by atoms with Crippen molar-refractivity contribution in [1.82, 2.24) is 0 Å². The summed E-state index contributed by atoms with van der Waals surface area (Å²) in [5.41, 5.74) is 0. The Kier molecular flexibility index (Phi) is 41.2. The molecule has 0 unspecified atom stereocenters. The first-order valence-electron chi connectivity index (χ1n) is 1.36. The van der Waals surface area contributed by atoms with Crippen molar-refractivity contribution in [2.75, 3.05) is 0 Å². The molecule has 0 saturated heterocycles. The molecule has 0 bridgehead atoms. The van der Waals surface area contributed by atoms with Crippen molar-refractivity contribution < 1.29 is 27.5 Å². The van der Waals surface area contributed by atoms with Crippen LogP contribution in [0.3, 0.4) is 0 Å². The SMILES string of the molecule is C[CH-]C.[O]=[Zr]. The van der Waals surface area contributed by atoms with Crippen LogP contribution in [0.2, 0.25) is 0 Å². The Bertz CT molecular complexity index is 10.9. The van der Waals surface area contributed by atoms with Crippen molar-refractivity contribution in [3.8, 4) is 0 Å². The van der Waals surface area contributed by atoms with E-state index in [0.29, 0.717) is 24.7 Å². The zero-order valence-electron chi connectivity index (χ0n) is 3.49. The van der Waals surface area contributed by atoms with Gasteiger partial charge in [0.1, 0.15) is 0 Å². The Balaban J connectivity index is 0. The minimum absolute atomic E-state index is 0.300. The molecule has 0 heterocycles. The van der Waals surface area contributed by atoms with Gasteiger partial charge in [0.05, 0.1) is 0 Å². The second-order valence-electron chi connectivity index (χ2n) is 0.577. The maximum atomic E-state index is 8.34. The fraction of sp³-hybridized carbons (Fsp3) is 0.667. The Labute approximate surface area is 48.1 Å². The Hall–Kier alpha value is 0.683. The molecule has 0 aliphatic carbocycles. The molecule has 0 saturated carbocycles. The topological polar surface area (TPSA) is 17.1 Å². The summed E-state index contributed by atoms with van der Waals surface area (Å²) in [6.07, 6.45) is 2.00. The summed E-state index contributed by atoms with van der Waals surface area (Å²) in [7, 11) is 0. The van der Waals surface area contributed by atoms with Gasteiger partial charge in [0.25, 0.3) is 0 Å². The molecular formula is C3H7OZr-. The van der Waals surface area contributed by atoms with E-state index in [1.807, 2.05) is 20.3 Å². The maximum absolute atomic E-state index is 8.34. The van der Waals surface area contributed by atoms with Crippen LogP contribution in [0.1, 0.15) is 13.8 Å². The standard InChI is InChI=1S/C3H7.O.Zr/c1-3-2;;/h3H,1-2H3;;/q-1;;. The first kappa shape index (κ1) is 9.19. The molecule has 1 nitrogen and oxygen atoms in total. The van der Waals surface area contributed by atoms with Crippen LogP contribution in [-0.2, 0) is 27.5 Å². The van der Waals surface area contributed by atoms with Gasteiger partial charge in [0, 0.05) is 0 Å². The molecule has 0 aromatic rings. The van der Waals surface area contributed by atoms with E-state index < -0.39 is 0 Å². The van der Waals surface area contributed by atoms with Crippen molar-refractivity contribution in [2.24, 2.45) is 0 Å². The molecule has 30 valence electrons. The van der Waals surface area contributed by atoms with Crippen LogP contribution in [0.4, 0.5) is 0 Å². The van der Waals surface area contributed by atoms with E-state index in [2.05, 4.69) is 0 Å². The zero-order valence-corrected chi connectivity index (χ0v) is 5.94. The number of hydrogen-bond donors (Lipinski definition) is 0. The molecule has 0 aliphatic rings. The molecule has 0 aromatic heterocycles. The van der Waals surface area contributed by atoms with E-state index in [4.69, 9.17) is 2.81 Å². The summed E-state index contributed by atoms with van der Waals surface area (Å²) in [4.78, 5) is 0. The Morgan fingerprint density at radius 3 is 1.40 bits per heavy atom. The molecule has 0 rings (SSSR count).